The molecule has 6 rings (SSSR count). The summed E-state index contributed by atoms with van der Waals surface area (Å²) in [5, 5.41) is 0. The van der Waals surface area contributed by atoms with E-state index in [1.54, 1.807) is 18.6 Å². The SMILES string of the molecule is CCOC(=O)C1=C(c2ccccc2)N=c2s/c(=C\c3cc(I)c(OCc4ccccc4)c(OC)c3)c(=O)n2[C@@H]1c1ccc(C(C)C)cc1. The Labute approximate surface area is 297 Å². The summed E-state index contributed by atoms with van der Waals surface area (Å²) in [5.74, 6) is 1.03. The van der Waals surface area contributed by atoms with Crippen LogP contribution < -0.4 is 24.4 Å². The molecule has 0 N–H and O–H groups in total. The Bertz CT molecular complexity index is 2150. The molecule has 9 heteroatoms. The van der Waals surface area contributed by atoms with Crippen molar-refractivity contribution in [2.75, 3.05) is 13.7 Å². The second kappa shape index (κ2) is 14.7. The van der Waals surface area contributed by atoms with Crippen molar-refractivity contribution in [1.82, 2.24) is 4.57 Å². The summed E-state index contributed by atoms with van der Waals surface area (Å²) in [6.07, 6.45) is 1.84. The molecule has 1 aromatic heterocycles. The van der Waals surface area contributed by atoms with Gasteiger partial charge in [-0.1, -0.05) is 110 Å². The summed E-state index contributed by atoms with van der Waals surface area (Å²) >= 11 is 3.52. The minimum absolute atomic E-state index is 0.194. The van der Waals surface area contributed by atoms with Crippen molar-refractivity contribution < 1.29 is 19.0 Å². The number of thiazole rings is 1. The molecule has 0 radical (unpaired) electrons. The molecule has 1 atom stereocenters. The number of aromatic nitrogens is 1. The van der Waals surface area contributed by atoms with Crippen LogP contribution >= 0.6 is 33.9 Å². The molecule has 0 bridgehead atoms. The summed E-state index contributed by atoms with van der Waals surface area (Å²) in [4.78, 5) is 33.6. The van der Waals surface area contributed by atoms with E-state index in [0.717, 1.165) is 31.4 Å². The van der Waals surface area contributed by atoms with Crippen LogP contribution in [0.2, 0.25) is 0 Å². The largest absolute Gasteiger partial charge is 0.493 e. The molecule has 4 aromatic carbocycles. The van der Waals surface area contributed by atoms with E-state index in [1.807, 2.05) is 91.0 Å². The van der Waals surface area contributed by atoms with Gasteiger partial charge in [-0.15, -0.1) is 0 Å². The van der Waals surface area contributed by atoms with Crippen LogP contribution in [0.4, 0.5) is 0 Å². The second-order valence-corrected chi connectivity index (χ2v) is 13.7. The Hall–Kier alpha value is -4.48. The van der Waals surface area contributed by atoms with Crippen molar-refractivity contribution in [3.8, 4) is 11.5 Å². The zero-order chi connectivity index (χ0) is 33.8. The molecule has 2 heterocycles. The topological polar surface area (TPSA) is 79.1 Å². The number of hydrogen-bond acceptors (Lipinski definition) is 7. The Morgan fingerprint density at radius 2 is 1.69 bits per heavy atom. The molecule has 0 unspecified atom stereocenters. The molecule has 48 heavy (non-hydrogen) atoms. The van der Waals surface area contributed by atoms with E-state index in [4.69, 9.17) is 19.2 Å². The number of halogens is 1. The number of hydrogen-bond donors (Lipinski definition) is 0. The van der Waals surface area contributed by atoms with E-state index in [2.05, 4.69) is 48.6 Å². The van der Waals surface area contributed by atoms with Gasteiger partial charge in [-0.3, -0.25) is 9.36 Å². The smallest absolute Gasteiger partial charge is 0.338 e. The number of ether oxygens (including phenoxy) is 3. The van der Waals surface area contributed by atoms with E-state index >= 15 is 0 Å². The standard InChI is InChI=1S/C39H35IN2O5S/c1-5-46-38(44)33-34(28-14-10-7-11-15-28)41-39-42(35(33)29-18-16-27(17-19-29)24(2)3)37(43)32(48-39)22-26-20-30(40)36(31(21-26)45-4)47-23-25-12-8-6-9-13-25/h6-22,24,35H,5,23H2,1-4H3/b32-22-/t35-/m1/s1. The van der Waals surface area contributed by atoms with Crippen molar-refractivity contribution in [3.05, 3.63) is 154 Å². The van der Waals surface area contributed by atoms with Gasteiger partial charge in [-0.25, -0.2) is 9.79 Å². The van der Waals surface area contributed by atoms with E-state index in [9.17, 15) is 9.59 Å². The number of carbonyl (C=O) groups excluding carboxylic acids is 1. The average molecular weight is 771 g/mol. The number of fused-ring (bicyclic) bond motifs is 1. The second-order valence-electron chi connectivity index (χ2n) is 11.6. The highest BCUT2D eigenvalue weighted by Crippen LogP contribution is 2.37. The highest BCUT2D eigenvalue weighted by Gasteiger charge is 2.35. The van der Waals surface area contributed by atoms with Crippen LogP contribution in [-0.2, 0) is 16.1 Å². The molecule has 7 nitrogen and oxygen atoms in total. The van der Waals surface area contributed by atoms with Crippen LogP contribution in [-0.4, -0.2) is 24.3 Å². The van der Waals surface area contributed by atoms with Crippen molar-refractivity contribution in [2.24, 2.45) is 4.99 Å². The maximum absolute atomic E-state index is 14.4. The molecule has 0 spiro atoms. The molecule has 1 aliphatic rings. The lowest BCUT2D eigenvalue weighted by Crippen LogP contribution is -2.40. The van der Waals surface area contributed by atoms with Gasteiger partial charge in [0.05, 0.1) is 39.1 Å². The van der Waals surface area contributed by atoms with Crippen LogP contribution in [0.1, 0.15) is 60.5 Å². The lowest BCUT2D eigenvalue weighted by molar-refractivity contribution is -0.138. The molecular weight excluding hydrogens is 735 g/mol. The fourth-order valence-electron chi connectivity index (χ4n) is 5.66. The first-order valence-electron chi connectivity index (χ1n) is 15.7. The first-order valence-corrected chi connectivity index (χ1v) is 17.6. The Kier molecular flexibility index (Phi) is 10.3. The highest BCUT2D eigenvalue weighted by atomic mass is 127. The van der Waals surface area contributed by atoms with Gasteiger partial charge >= 0.3 is 5.97 Å². The van der Waals surface area contributed by atoms with Gasteiger partial charge < -0.3 is 14.2 Å². The van der Waals surface area contributed by atoms with Crippen molar-refractivity contribution in [2.45, 2.75) is 39.3 Å². The third kappa shape index (κ3) is 6.88. The number of benzene rings is 4. The van der Waals surface area contributed by atoms with Gasteiger partial charge in [0, 0.05) is 5.56 Å². The number of methoxy groups -OCH3 is 1. The summed E-state index contributed by atoms with van der Waals surface area (Å²) in [5.41, 5.74) is 5.14. The quantitative estimate of drug-likeness (QED) is 0.111. The van der Waals surface area contributed by atoms with Gasteiger partial charge in [0.1, 0.15) is 6.61 Å². The van der Waals surface area contributed by atoms with Crippen LogP contribution in [0.15, 0.2) is 112 Å². The molecule has 0 saturated carbocycles. The zero-order valence-corrected chi connectivity index (χ0v) is 30.1. The predicted molar refractivity (Wildman–Crippen MR) is 198 cm³/mol. The average Bonchev–Trinajstić information content (AvgIpc) is 3.41. The maximum atomic E-state index is 14.4. The molecule has 0 aliphatic carbocycles. The third-order valence-electron chi connectivity index (χ3n) is 8.07. The molecule has 0 fully saturated rings. The van der Waals surface area contributed by atoms with Gasteiger partial charge in [0.2, 0.25) is 0 Å². The lowest BCUT2D eigenvalue weighted by atomic mass is 9.91. The van der Waals surface area contributed by atoms with Gasteiger partial charge in [0.15, 0.2) is 16.3 Å². The number of carbonyl (C=O) groups is 1. The zero-order valence-electron chi connectivity index (χ0n) is 27.1. The highest BCUT2D eigenvalue weighted by molar-refractivity contribution is 14.1. The third-order valence-corrected chi connectivity index (χ3v) is 9.85. The van der Waals surface area contributed by atoms with Crippen LogP contribution in [0.25, 0.3) is 11.8 Å². The summed E-state index contributed by atoms with van der Waals surface area (Å²) in [6.45, 7) is 6.63. The minimum Gasteiger partial charge on any atom is -0.493 e. The van der Waals surface area contributed by atoms with Crippen LogP contribution in [0.5, 0.6) is 11.5 Å². The van der Waals surface area contributed by atoms with Gasteiger partial charge in [-0.05, 0) is 75.9 Å². The predicted octanol–water partition coefficient (Wildman–Crippen LogP) is 7.25. The lowest BCUT2D eigenvalue weighted by Gasteiger charge is -2.26. The summed E-state index contributed by atoms with van der Waals surface area (Å²) in [6, 6.07) is 30.7. The number of nitrogens with zero attached hydrogens (tertiary/aromatic N) is 2. The summed E-state index contributed by atoms with van der Waals surface area (Å²) < 4.78 is 20.4. The van der Waals surface area contributed by atoms with Gasteiger partial charge in [0.25, 0.3) is 5.56 Å². The Morgan fingerprint density at radius 3 is 2.33 bits per heavy atom. The Balaban J connectivity index is 1.51. The monoisotopic (exact) mass is 770 g/mol. The number of esters is 1. The Morgan fingerprint density at radius 1 is 1.00 bits per heavy atom. The van der Waals surface area contributed by atoms with E-state index in [-0.39, 0.29) is 12.2 Å². The van der Waals surface area contributed by atoms with E-state index in [0.29, 0.717) is 44.6 Å². The van der Waals surface area contributed by atoms with Crippen LogP contribution in [0, 0.1) is 3.57 Å². The van der Waals surface area contributed by atoms with Crippen molar-refractivity contribution >= 4 is 51.7 Å². The first-order chi connectivity index (χ1) is 23.3. The van der Waals surface area contributed by atoms with E-state index in [1.165, 1.54) is 11.3 Å². The molecule has 1 aliphatic heterocycles. The fourth-order valence-corrected chi connectivity index (χ4v) is 7.45. The molecule has 5 aromatic rings. The van der Waals surface area contributed by atoms with Crippen molar-refractivity contribution in [3.63, 3.8) is 0 Å². The normalized spacial score (nSPS) is 14.5. The van der Waals surface area contributed by atoms with Gasteiger partial charge in [-0.2, -0.15) is 0 Å². The maximum Gasteiger partial charge on any atom is 0.338 e. The molecule has 244 valence electrons. The molecule has 0 saturated heterocycles. The number of rotatable bonds is 10. The minimum atomic E-state index is -0.734. The van der Waals surface area contributed by atoms with Crippen LogP contribution in [0.3, 0.4) is 0 Å². The summed E-state index contributed by atoms with van der Waals surface area (Å²) in [7, 11) is 1.60. The molecule has 0 amide bonds. The first kappa shape index (κ1) is 33.4. The van der Waals surface area contributed by atoms with E-state index < -0.39 is 12.0 Å². The van der Waals surface area contributed by atoms with Crippen molar-refractivity contribution in [1.29, 1.82) is 0 Å². The fraction of sp³-hybridized carbons (Fsp3) is 0.205. The molecular formula is C39H35IN2O5S.